The predicted octanol–water partition coefficient (Wildman–Crippen LogP) is 3.52. The van der Waals surface area contributed by atoms with Gasteiger partial charge in [-0.2, -0.15) is 0 Å². The molecule has 3 rings (SSSR count). The van der Waals surface area contributed by atoms with Crippen molar-refractivity contribution in [3.63, 3.8) is 0 Å². The second kappa shape index (κ2) is 7.40. The van der Waals surface area contributed by atoms with Gasteiger partial charge in [0, 0.05) is 24.9 Å². The molecule has 6 nitrogen and oxygen atoms in total. The van der Waals surface area contributed by atoms with Crippen LogP contribution in [0.2, 0.25) is 0 Å². The first kappa shape index (κ1) is 18.3. The van der Waals surface area contributed by atoms with Crippen molar-refractivity contribution in [3.05, 3.63) is 47.3 Å². The molecule has 0 saturated carbocycles. The fourth-order valence-corrected chi connectivity index (χ4v) is 3.53. The van der Waals surface area contributed by atoms with Crippen molar-refractivity contribution in [3.8, 4) is 0 Å². The van der Waals surface area contributed by atoms with Gasteiger partial charge < -0.3 is 19.5 Å². The van der Waals surface area contributed by atoms with E-state index in [-0.39, 0.29) is 29.0 Å². The van der Waals surface area contributed by atoms with E-state index in [9.17, 15) is 9.59 Å². The van der Waals surface area contributed by atoms with Gasteiger partial charge in [0.15, 0.2) is 5.76 Å². The maximum absolute atomic E-state index is 12.3. The van der Waals surface area contributed by atoms with E-state index in [1.165, 1.54) is 6.26 Å². The van der Waals surface area contributed by atoms with E-state index < -0.39 is 0 Å². The summed E-state index contributed by atoms with van der Waals surface area (Å²) in [6.45, 7) is 6.75. The Morgan fingerprint density at radius 3 is 2.88 bits per heavy atom. The number of amides is 2. The summed E-state index contributed by atoms with van der Waals surface area (Å²) in [6.07, 6.45) is 4.17. The largest absolute Gasteiger partial charge is 0.466 e. The van der Waals surface area contributed by atoms with E-state index in [1.54, 1.807) is 12.1 Å². The van der Waals surface area contributed by atoms with Crippen molar-refractivity contribution < 1.29 is 18.4 Å². The van der Waals surface area contributed by atoms with Crippen LogP contribution in [-0.4, -0.2) is 18.4 Å². The summed E-state index contributed by atoms with van der Waals surface area (Å²) in [5.41, 5.74) is 1.19. The lowest BCUT2D eigenvalue weighted by atomic mass is 9.74. The predicted molar refractivity (Wildman–Crippen MR) is 96.7 cm³/mol. The highest BCUT2D eigenvalue weighted by atomic mass is 16.3. The Labute approximate surface area is 153 Å². The molecule has 0 unspecified atom stereocenters. The molecule has 2 heterocycles. The van der Waals surface area contributed by atoms with Crippen LogP contribution in [0.4, 0.5) is 0 Å². The minimum atomic E-state index is -0.261. The molecular formula is C20H26N2O4. The lowest BCUT2D eigenvalue weighted by Gasteiger charge is -2.34. The van der Waals surface area contributed by atoms with Gasteiger partial charge in [0.05, 0.1) is 12.3 Å². The number of carbonyl (C=O) groups excluding carboxylic acids is 2. The smallest absolute Gasteiger partial charge is 0.286 e. The highest BCUT2D eigenvalue weighted by molar-refractivity contribution is 5.91. The second-order valence-corrected chi connectivity index (χ2v) is 7.74. The summed E-state index contributed by atoms with van der Waals surface area (Å²) in [7, 11) is 0. The topological polar surface area (TPSA) is 84.5 Å². The number of nitrogens with one attached hydrogen (secondary N) is 2. The average molecular weight is 358 g/mol. The van der Waals surface area contributed by atoms with E-state index in [1.807, 2.05) is 13.0 Å². The summed E-state index contributed by atoms with van der Waals surface area (Å²) < 4.78 is 10.8. The first-order valence-electron chi connectivity index (χ1n) is 9.04. The van der Waals surface area contributed by atoms with Gasteiger partial charge >= 0.3 is 0 Å². The molecule has 140 valence electrons. The maximum atomic E-state index is 12.3. The molecular weight excluding hydrogens is 332 g/mol. The number of fused-ring (bicyclic) bond motifs is 1. The molecule has 2 N–H and O–H groups in total. The molecule has 2 aromatic rings. The minimum absolute atomic E-state index is 0.00949. The first-order valence-corrected chi connectivity index (χ1v) is 9.04. The highest BCUT2D eigenvalue weighted by Gasteiger charge is 2.35. The molecule has 0 radical (unpaired) electrons. The monoisotopic (exact) mass is 358 g/mol. The van der Waals surface area contributed by atoms with Crippen LogP contribution >= 0.6 is 0 Å². The lowest BCUT2D eigenvalue weighted by Crippen LogP contribution is -2.36. The third-order valence-corrected chi connectivity index (χ3v) is 4.68. The lowest BCUT2D eigenvalue weighted by molar-refractivity contribution is -0.122. The first-order chi connectivity index (χ1) is 12.3. The zero-order valence-electron chi connectivity index (χ0n) is 15.6. The molecule has 2 amide bonds. The molecule has 6 heteroatoms. The summed E-state index contributed by atoms with van der Waals surface area (Å²) in [5, 5.41) is 5.88. The Hall–Kier alpha value is -2.50. The fraction of sp³-hybridized carbons (Fsp3) is 0.500. The SMILES string of the molecule is Cc1cc2c(o1)CC(C)(C)C[C@@H]2NC(=O)CCCNC(=O)c1ccco1. The second-order valence-electron chi connectivity index (χ2n) is 7.74. The van der Waals surface area contributed by atoms with Crippen LogP contribution in [0.15, 0.2) is 33.3 Å². The van der Waals surface area contributed by atoms with Gasteiger partial charge in [-0.25, -0.2) is 0 Å². The molecule has 1 aliphatic rings. The summed E-state index contributed by atoms with van der Waals surface area (Å²) in [5.74, 6) is 1.87. The van der Waals surface area contributed by atoms with Crippen LogP contribution in [0.1, 0.15) is 66.8 Å². The summed E-state index contributed by atoms with van der Waals surface area (Å²) >= 11 is 0. The van der Waals surface area contributed by atoms with Crippen molar-refractivity contribution in [1.29, 1.82) is 0 Å². The van der Waals surface area contributed by atoms with E-state index in [2.05, 4.69) is 24.5 Å². The van der Waals surface area contributed by atoms with E-state index in [4.69, 9.17) is 8.83 Å². The third kappa shape index (κ3) is 4.36. The Kier molecular flexibility index (Phi) is 5.20. The molecule has 0 aromatic carbocycles. The van der Waals surface area contributed by atoms with Crippen LogP contribution < -0.4 is 10.6 Å². The maximum Gasteiger partial charge on any atom is 0.286 e. The van der Waals surface area contributed by atoms with Crippen molar-refractivity contribution in [2.75, 3.05) is 6.54 Å². The normalized spacial score (nSPS) is 18.2. The standard InChI is InChI=1S/C20H26N2O4/c1-13-10-14-15(11-20(2,3)12-17(14)26-13)22-18(23)7-4-8-21-19(24)16-6-5-9-25-16/h5-6,9-10,15H,4,7-8,11-12H2,1-3H3,(H,21,24)(H,22,23)/t15-/m0/s1. The number of rotatable bonds is 6. The van der Waals surface area contributed by atoms with Crippen LogP contribution in [0.3, 0.4) is 0 Å². The molecule has 0 aliphatic heterocycles. The molecule has 26 heavy (non-hydrogen) atoms. The van der Waals surface area contributed by atoms with Crippen molar-refractivity contribution in [2.24, 2.45) is 5.41 Å². The molecule has 0 bridgehead atoms. The van der Waals surface area contributed by atoms with Gasteiger partial charge in [-0.05, 0) is 43.4 Å². The Bertz CT molecular complexity index is 774. The number of carbonyl (C=O) groups is 2. The molecule has 1 aliphatic carbocycles. The number of hydrogen-bond acceptors (Lipinski definition) is 4. The minimum Gasteiger partial charge on any atom is -0.466 e. The third-order valence-electron chi connectivity index (χ3n) is 4.68. The van der Waals surface area contributed by atoms with Gasteiger partial charge in [-0.15, -0.1) is 0 Å². The van der Waals surface area contributed by atoms with E-state index in [0.29, 0.717) is 19.4 Å². The van der Waals surface area contributed by atoms with Crippen LogP contribution in [0.5, 0.6) is 0 Å². The summed E-state index contributed by atoms with van der Waals surface area (Å²) in [6, 6.07) is 5.28. The van der Waals surface area contributed by atoms with E-state index in [0.717, 1.165) is 29.9 Å². The quantitative estimate of drug-likeness (QED) is 0.774. The Morgan fingerprint density at radius 1 is 1.35 bits per heavy atom. The van der Waals surface area contributed by atoms with E-state index >= 15 is 0 Å². The molecule has 1 atom stereocenters. The van der Waals surface area contributed by atoms with Gasteiger partial charge in [0.1, 0.15) is 11.5 Å². The number of hydrogen-bond donors (Lipinski definition) is 2. The highest BCUT2D eigenvalue weighted by Crippen LogP contribution is 2.42. The van der Waals surface area contributed by atoms with Gasteiger partial charge in [-0.3, -0.25) is 9.59 Å². The average Bonchev–Trinajstić information content (AvgIpc) is 3.19. The van der Waals surface area contributed by atoms with Crippen LogP contribution in [0.25, 0.3) is 0 Å². The van der Waals surface area contributed by atoms with Crippen LogP contribution in [-0.2, 0) is 11.2 Å². The molecule has 0 fully saturated rings. The molecule has 0 saturated heterocycles. The summed E-state index contributed by atoms with van der Waals surface area (Å²) in [4.78, 5) is 24.1. The Morgan fingerprint density at radius 2 is 2.15 bits per heavy atom. The molecule has 2 aromatic heterocycles. The van der Waals surface area contributed by atoms with Gasteiger partial charge in [0.2, 0.25) is 5.91 Å². The van der Waals surface area contributed by atoms with Crippen molar-refractivity contribution in [1.82, 2.24) is 10.6 Å². The Balaban J connectivity index is 1.48. The van der Waals surface area contributed by atoms with Crippen molar-refractivity contribution >= 4 is 11.8 Å². The van der Waals surface area contributed by atoms with Crippen molar-refractivity contribution in [2.45, 2.75) is 52.5 Å². The fourth-order valence-electron chi connectivity index (χ4n) is 3.53. The van der Waals surface area contributed by atoms with Gasteiger partial charge in [0.25, 0.3) is 5.91 Å². The zero-order chi connectivity index (χ0) is 18.7. The number of aryl methyl sites for hydroxylation is 1. The van der Waals surface area contributed by atoms with Gasteiger partial charge in [-0.1, -0.05) is 13.8 Å². The molecule has 0 spiro atoms. The zero-order valence-corrected chi connectivity index (χ0v) is 15.6. The van der Waals surface area contributed by atoms with Crippen LogP contribution in [0, 0.1) is 12.3 Å². The number of furan rings is 2.